The van der Waals surface area contributed by atoms with Crippen molar-refractivity contribution < 1.29 is 4.79 Å². The van der Waals surface area contributed by atoms with Crippen LogP contribution in [-0.4, -0.2) is 60.5 Å². The maximum absolute atomic E-state index is 12.3. The van der Waals surface area contributed by atoms with Gasteiger partial charge < -0.3 is 16.0 Å². The van der Waals surface area contributed by atoms with Crippen molar-refractivity contribution in [2.45, 2.75) is 0 Å². The number of rotatable bonds is 4. The van der Waals surface area contributed by atoms with Crippen molar-refractivity contribution in [3.63, 3.8) is 0 Å². The molecule has 1 heterocycles. The van der Waals surface area contributed by atoms with Gasteiger partial charge in [0.05, 0.1) is 6.54 Å². The van der Waals surface area contributed by atoms with Gasteiger partial charge in [-0.15, -0.1) is 0 Å². The van der Waals surface area contributed by atoms with Crippen LogP contribution in [0.3, 0.4) is 0 Å². The first kappa shape index (κ1) is 14.9. The van der Waals surface area contributed by atoms with Gasteiger partial charge in [-0.3, -0.25) is 9.69 Å². The molecule has 1 aromatic rings. The number of piperazine rings is 1. The highest BCUT2D eigenvalue weighted by molar-refractivity contribution is 7.80. The molecule has 0 spiro atoms. The monoisotopic (exact) mass is 292 g/mol. The number of hydrogen-bond donors (Lipinski definition) is 2. The number of nitrogens with two attached hydrogens (primary N) is 1. The fourth-order valence-electron chi connectivity index (χ4n) is 2.21. The SMILES string of the molecule is CN1CCN(CC(=O)c2cccc(NC(N)=S)c2)CC1. The van der Waals surface area contributed by atoms with E-state index >= 15 is 0 Å². The molecule has 1 fully saturated rings. The minimum Gasteiger partial charge on any atom is -0.376 e. The zero-order chi connectivity index (χ0) is 14.5. The van der Waals surface area contributed by atoms with Gasteiger partial charge in [-0.05, 0) is 31.4 Å². The topological polar surface area (TPSA) is 61.6 Å². The highest BCUT2D eigenvalue weighted by atomic mass is 32.1. The Morgan fingerprint density at radius 3 is 2.70 bits per heavy atom. The highest BCUT2D eigenvalue weighted by Gasteiger charge is 2.17. The molecule has 1 aromatic carbocycles. The van der Waals surface area contributed by atoms with Crippen LogP contribution in [0.2, 0.25) is 0 Å². The second-order valence-electron chi connectivity index (χ2n) is 5.07. The normalized spacial score (nSPS) is 16.9. The van der Waals surface area contributed by atoms with E-state index in [-0.39, 0.29) is 10.9 Å². The van der Waals surface area contributed by atoms with E-state index in [4.69, 9.17) is 18.0 Å². The van der Waals surface area contributed by atoms with Gasteiger partial charge in [-0.25, -0.2) is 0 Å². The average molecular weight is 292 g/mol. The van der Waals surface area contributed by atoms with Gasteiger partial charge in [0.15, 0.2) is 10.9 Å². The Bertz CT molecular complexity index is 498. The molecule has 0 radical (unpaired) electrons. The van der Waals surface area contributed by atoms with E-state index in [1.165, 1.54) is 0 Å². The maximum atomic E-state index is 12.3. The largest absolute Gasteiger partial charge is 0.376 e. The molecule has 2 rings (SSSR count). The predicted molar refractivity (Wildman–Crippen MR) is 85.1 cm³/mol. The number of likely N-dealkylation sites (N-methyl/N-ethyl adjacent to an activating group) is 1. The van der Waals surface area contributed by atoms with Crippen LogP contribution >= 0.6 is 12.2 Å². The van der Waals surface area contributed by atoms with Gasteiger partial charge in [0, 0.05) is 37.4 Å². The molecule has 0 saturated carbocycles. The molecule has 1 aliphatic rings. The summed E-state index contributed by atoms with van der Waals surface area (Å²) >= 11 is 4.80. The molecule has 0 unspecified atom stereocenters. The molecule has 1 saturated heterocycles. The molecule has 1 aliphatic heterocycles. The third kappa shape index (κ3) is 4.26. The lowest BCUT2D eigenvalue weighted by Crippen LogP contribution is -2.46. The average Bonchev–Trinajstić information content (AvgIpc) is 2.41. The molecule has 0 aliphatic carbocycles. The van der Waals surface area contributed by atoms with Crippen LogP contribution < -0.4 is 11.1 Å². The first-order valence-electron chi connectivity index (χ1n) is 6.65. The molecule has 20 heavy (non-hydrogen) atoms. The van der Waals surface area contributed by atoms with Crippen LogP contribution in [0.5, 0.6) is 0 Å². The van der Waals surface area contributed by atoms with Gasteiger partial charge >= 0.3 is 0 Å². The van der Waals surface area contributed by atoms with Crippen molar-refractivity contribution in [2.75, 3.05) is 45.1 Å². The lowest BCUT2D eigenvalue weighted by atomic mass is 10.1. The quantitative estimate of drug-likeness (QED) is 0.631. The zero-order valence-electron chi connectivity index (χ0n) is 11.6. The molecule has 5 nitrogen and oxygen atoms in total. The third-order valence-corrected chi connectivity index (χ3v) is 3.52. The predicted octanol–water partition coefficient (Wildman–Crippen LogP) is 0.772. The van der Waals surface area contributed by atoms with Crippen LogP contribution in [0.15, 0.2) is 24.3 Å². The van der Waals surface area contributed by atoms with E-state index in [9.17, 15) is 4.79 Å². The van der Waals surface area contributed by atoms with E-state index in [0.29, 0.717) is 12.1 Å². The zero-order valence-corrected chi connectivity index (χ0v) is 12.4. The lowest BCUT2D eigenvalue weighted by Gasteiger charge is -2.31. The standard InChI is InChI=1S/C14H20N4OS/c1-17-5-7-18(8-6-17)10-13(19)11-3-2-4-12(9-11)16-14(15)20/h2-4,9H,5-8,10H2,1H3,(H3,15,16,20). The summed E-state index contributed by atoms with van der Waals surface area (Å²) < 4.78 is 0. The minimum atomic E-state index is 0.126. The third-order valence-electron chi connectivity index (χ3n) is 3.42. The fourth-order valence-corrected chi connectivity index (χ4v) is 2.33. The molecular formula is C14H20N4OS. The van der Waals surface area contributed by atoms with E-state index in [2.05, 4.69) is 22.2 Å². The first-order chi connectivity index (χ1) is 9.54. The number of carbonyl (C=O) groups is 1. The molecule has 3 N–H and O–H groups in total. The molecule has 0 atom stereocenters. The maximum Gasteiger partial charge on any atom is 0.176 e. The summed E-state index contributed by atoms with van der Waals surface area (Å²) in [4.78, 5) is 16.7. The van der Waals surface area contributed by atoms with Crippen molar-refractivity contribution in [1.29, 1.82) is 0 Å². The van der Waals surface area contributed by atoms with Gasteiger partial charge in [0.25, 0.3) is 0 Å². The Balaban J connectivity index is 1.96. The van der Waals surface area contributed by atoms with E-state index < -0.39 is 0 Å². The Labute approximate surface area is 124 Å². The number of hydrogen-bond acceptors (Lipinski definition) is 4. The van der Waals surface area contributed by atoms with Crippen molar-refractivity contribution in [2.24, 2.45) is 5.73 Å². The molecule has 0 amide bonds. The fraction of sp³-hybridized carbons (Fsp3) is 0.429. The molecule has 0 aromatic heterocycles. The second-order valence-corrected chi connectivity index (χ2v) is 5.51. The van der Waals surface area contributed by atoms with Crippen LogP contribution in [0.4, 0.5) is 5.69 Å². The van der Waals surface area contributed by atoms with Crippen molar-refractivity contribution in [3.05, 3.63) is 29.8 Å². The number of Topliss-reactive ketones (excluding diaryl/α,β-unsaturated/α-hetero) is 1. The lowest BCUT2D eigenvalue weighted by molar-refractivity contribution is 0.0876. The second kappa shape index (κ2) is 6.78. The molecule has 0 bridgehead atoms. The van der Waals surface area contributed by atoms with Crippen LogP contribution in [-0.2, 0) is 0 Å². The summed E-state index contributed by atoms with van der Waals surface area (Å²) in [5, 5.41) is 3.05. The minimum absolute atomic E-state index is 0.126. The summed E-state index contributed by atoms with van der Waals surface area (Å²) in [5.41, 5.74) is 6.87. The van der Waals surface area contributed by atoms with Crippen LogP contribution in [0.1, 0.15) is 10.4 Å². The van der Waals surface area contributed by atoms with Gasteiger partial charge in [0.1, 0.15) is 0 Å². The van der Waals surface area contributed by atoms with Crippen LogP contribution in [0, 0.1) is 0 Å². The number of nitrogens with one attached hydrogen (secondary N) is 1. The summed E-state index contributed by atoms with van der Waals surface area (Å²) in [6.07, 6.45) is 0. The first-order valence-corrected chi connectivity index (χ1v) is 7.06. The summed E-state index contributed by atoms with van der Waals surface area (Å²) in [5.74, 6) is 0.126. The smallest absolute Gasteiger partial charge is 0.176 e. The molecule has 6 heteroatoms. The van der Waals surface area contributed by atoms with E-state index in [1.54, 1.807) is 6.07 Å². The van der Waals surface area contributed by atoms with Crippen LogP contribution in [0.25, 0.3) is 0 Å². The Hall–Kier alpha value is -1.50. The number of benzene rings is 1. The summed E-state index contributed by atoms with van der Waals surface area (Å²) in [6, 6.07) is 7.28. The van der Waals surface area contributed by atoms with E-state index in [1.807, 2.05) is 18.2 Å². The Morgan fingerprint density at radius 1 is 1.35 bits per heavy atom. The van der Waals surface area contributed by atoms with Gasteiger partial charge in [-0.1, -0.05) is 12.1 Å². The van der Waals surface area contributed by atoms with Crippen molar-refractivity contribution >= 4 is 28.8 Å². The number of anilines is 1. The summed E-state index contributed by atoms with van der Waals surface area (Å²) in [7, 11) is 2.10. The number of nitrogens with zero attached hydrogens (tertiary/aromatic N) is 2. The van der Waals surface area contributed by atoms with Crippen molar-refractivity contribution in [3.8, 4) is 0 Å². The molecule has 108 valence electrons. The van der Waals surface area contributed by atoms with Crippen molar-refractivity contribution in [1.82, 2.24) is 9.80 Å². The van der Waals surface area contributed by atoms with Gasteiger partial charge in [-0.2, -0.15) is 0 Å². The Kier molecular flexibility index (Phi) is 5.05. The van der Waals surface area contributed by atoms with E-state index in [0.717, 1.165) is 31.9 Å². The highest BCUT2D eigenvalue weighted by Crippen LogP contribution is 2.12. The number of ketones is 1. The Morgan fingerprint density at radius 2 is 2.05 bits per heavy atom. The number of carbonyl (C=O) groups excluding carboxylic acids is 1. The number of thiocarbonyl (C=S) groups is 1. The van der Waals surface area contributed by atoms with Gasteiger partial charge in [0.2, 0.25) is 0 Å². The summed E-state index contributed by atoms with van der Waals surface area (Å²) in [6.45, 7) is 4.36. The molecular weight excluding hydrogens is 272 g/mol.